The number of carbonyl (C=O) groups excluding carboxylic acids is 1. The van der Waals surface area contributed by atoms with Crippen molar-refractivity contribution in [3.05, 3.63) is 42.5 Å². The molecule has 2 aromatic heterocycles. The Bertz CT molecular complexity index is 1390. The lowest BCUT2D eigenvalue weighted by Gasteiger charge is -2.33. The number of para-hydroxylation sites is 1. The Morgan fingerprint density at radius 2 is 2.10 bits per heavy atom. The molecular formula is C24H31ClFN6O6PS. The smallest absolute Gasteiger partial charge is 0.323 e. The number of ether oxygens (including phenoxy) is 2. The standard InChI is InChI=1S/C24H31ClFN6O6PS/c1-5-35-23(34)14(2)31-39(40,38-16-9-7-6-8-10-16)36-12-24(11-25)19(33)17(26)22(37-24)32-13-28-18-20(27-4)29-15(3)30-21(18)32/h6-10,13-14,17,19,22,33H,5,11-12H2,1-4H3,(H,31,40)(H,27,29,30)/t14-,17+,19+,22-,24-,39+/m1/s1. The first-order chi connectivity index (χ1) is 19.1. The van der Waals surface area contributed by atoms with Gasteiger partial charge in [-0.05, 0) is 44.7 Å². The maximum absolute atomic E-state index is 15.7. The number of imidazole rings is 1. The maximum Gasteiger partial charge on any atom is 0.323 e. The minimum Gasteiger partial charge on any atom is -0.465 e. The van der Waals surface area contributed by atoms with E-state index in [1.165, 1.54) is 10.9 Å². The normalized spacial score (nSPS) is 24.9. The third kappa shape index (κ3) is 6.23. The fraction of sp³-hybridized carbons (Fsp3) is 0.500. The van der Waals surface area contributed by atoms with Crippen LogP contribution in [0.2, 0.25) is 0 Å². The summed E-state index contributed by atoms with van der Waals surface area (Å²) in [5.41, 5.74) is -1.01. The zero-order valence-electron chi connectivity index (χ0n) is 22.3. The molecule has 12 nitrogen and oxygen atoms in total. The average molecular weight is 617 g/mol. The molecule has 0 spiro atoms. The lowest BCUT2D eigenvalue weighted by atomic mass is 9.99. The number of aliphatic hydroxyl groups is 1. The van der Waals surface area contributed by atoms with Gasteiger partial charge in [0.1, 0.15) is 29.3 Å². The highest BCUT2D eigenvalue weighted by molar-refractivity contribution is 8.09. The van der Waals surface area contributed by atoms with Crippen molar-refractivity contribution < 1.29 is 32.8 Å². The van der Waals surface area contributed by atoms with Crippen molar-refractivity contribution in [3.8, 4) is 5.75 Å². The van der Waals surface area contributed by atoms with Gasteiger partial charge in [-0.1, -0.05) is 18.2 Å². The van der Waals surface area contributed by atoms with Crippen LogP contribution in [0.25, 0.3) is 11.2 Å². The summed E-state index contributed by atoms with van der Waals surface area (Å²) in [4.78, 5) is 25.3. The molecule has 4 rings (SSSR count). The van der Waals surface area contributed by atoms with Crippen LogP contribution in [0, 0.1) is 6.92 Å². The van der Waals surface area contributed by atoms with Crippen LogP contribution in [0.15, 0.2) is 36.7 Å². The highest BCUT2D eigenvalue weighted by Gasteiger charge is 2.57. The van der Waals surface area contributed by atoms with Gasteiger partial charge in [-0.15, -0.1) is 11.6 Å². The number of fused-ring (bicyclic) bond motifs is 1. The van der Waals surface area contributed by atoms with Crippen molar-refractivity contribution in [3.63, 3.8) is 0 Å². The number of nitrogens with one attached hydrogen (secondary N) is 2. The molecule has 6 atom stereocenters. The minimum absolute atomic E-state index is 0.173. The maximum atomic E-state index is 15.7. The third-order valence-corrected chi connectivity index (χ3v) is 9.11. The number of aliphatic hydroxyl groups excluding tert-OH is 1. The average Bonchev–Trinajstić information content (AvgIpc) is 3.46. The molecule has 1 aliphatic heterocycles. The van der Waals surface area contributed by atoms with Gasteiger partial charge in [-0.25, -0.2) is 24.4 Å². The Kier molecular flexibility index (Phi) is 9.61. The number of aromatic nitrogens is 4. The predicted octanol–water partition coefficient (Wildman–Crippen LogP) is 3.24. The lowest BCUT2D eigenvalue weighted by Crippen LogP contribution is -2.48. The van der Waals surface area contributed by atoms with Crippen molar-refractivity contribution in [2.24, 2.45) is 0 Å². The highest BCUT2D eigenvalue weighted by atomic mass is 35.5. The van der Waals surface area contributed by atoms with Crippen molar-refractivity contribution in [1.82, 2.24) is 24.6 Å². The van der Waals surface area contributed by atoms with Crippen molar-refractivity contribution in [1.29, 1.82) is 0 Å². The second-order valence-electron chi connectivity index (χ2n) is 9.07. The fourth-order valence-corrected chi connectivity index (χ4v) is 6.88. The molecule has 0 saturated carbocycles. The summed E-state index contributed by atoms with van der Waals surface area (Å²) in [5.74, 6) is 0.364. The van der Waals surface area contributed by atoms with Crippen molar-refractivity contribution in [2.75, 3.05) is 31.5 Å². The first-order valence-electron chi connectivity index (χ1n) is 12.4. The summed E-state index contributed by atoms with van der Waals surface area (Å²) in [6.45, 7) is 1.14. The van der Waals surface area contributed by atoms with Crippen LogP contribution in [0.1, 0.15) is 25.9 Å². The van der Waals surface area contributed by atoms with E-state index < -0.39 is 49.4 Å². The molecule has 1 aliphatic rings. The topological polar surface area (TPSA) is 142 Å². The van der Waals surface area contributed by atoms with E-state index in [0.717, 1.165) is 0 Å². The molecule has 1 saturated heterocycles. The van der Waals surface area contributed by atoms with Gasteiger partial charge in [0.15, 0.2) is 29.4 Å². The molecule has 0 aliphatic carbocycles. The molecule has 218 valence electrons. The number of aryl methyl sites for hydroxylation is 1. The second-order valence-corrected chi connectivity index (χ2v) is 12.5. The molecule has 40 heavy (non-hydrogen) atoms. The van der Waals surface area contributed by atoms with Gasteiger partial charge >= 0.3 is 12.6 Å². The van der Waals surface area contributed by atoms with E-state index in [4.69, 9.17) is 41.9 Å². The Hall–Kier alpha value is -2.45. The quantitative estimate of drug-likeness (QED) is 0.156. The van der Waals surface area contributed by atoms with Crippen LogP contribution in [0.5, 0.6) is 5.75 Å². The SMILES string of the molecule is CCOC(=O)[C@@H](C)N[P@](=S)(OC[C@@]1(CCl)O[C@@H](n2cnc3c(NC)nc(C)nc32)[C@@H](F)[C@@H]1O)Oc1ccccc1. The molecule has 16 heteroatoms. The molecule has 3 heterocycles. The largest absolute Gasteiger partial charge is 0.465 e. The number of rotatable bonds is 12. The van der Waals surface area contributed by atoms with Crippen LogP contribution in [-0.4, -0.2) is 80.7 Å². The Labute approximate surface area is 240 Å². The van der Waals surface area contributed by atoms with Crippen molar-refractivity contribution >= 4 is 53.0 Å². The van der Waals surface area contributed by atoms with E-state index in [9.17, 15) is 9.90 Å². The van der Waals surface area contributed by atoms with E-state index in [-0.39, 0.29) is 12.5 Å². The molecule has 1 aromatic carbocycles. The van der Waals surface area contributed by atoms with Gasteiger partial charge in [0, 0.05) is 7.05 Å². The van der Waals surface area contributed by atoms with E-state index in [0.29, 0.717) is 28.6 Å². The third-order valence-electron chi connectivity index (χ3n) is 6.18. The van der Waals surface area contributed by atoms with Crippen molar-refractivity contribution in [2.45, 2.75) is 50.9 Å². The van der Waals surface area contributed by atoms with E-state index in [1.807, 2.05) is 0 Å². The molecule has 0 unspecified atom stereocenters. The number of carbonyl (C=O) groups is 1. The zero-order valence-corrected chi connectivity index (χ0v) is 24.8. The van der Waals surface area contributed by atoms with Crippen LogP contribution >= 0.6 is 18.2 Å². The molecule has 0 amide bonds. The highest BCUT2D eigenvalue weighted by Crippen LogP contribution is 2.49. The molecule has 1 fully saturated rings. The Balaban J connectivity index is 1.61. The number of halogens is 2. The summed E-state index contributed by atoms with van der Waals surface area (Å²) in [6, 6.07) is 7.73. The van der Waals surface area contributed by atoms with Gasteiger partial charge in [0.05, 0.1) is 25.4 Å². The molecule has 3 N–H and O–H groups in total. The predicted molar refractivity (Wildman–Crippen MR) is 151 cm³/mol. The summed E-state index contributed by atoms with van der Waals surface area (Å²) in [5, 5.41) is 16.9. The van der Waals surface area contributed by atoms with Gasteiger partial charge in [-0.2, -0.15) is 0 Å². The summed E-state index contributed by atoms with van der Waals surface area (Å²) in [7, 11) is 1.68. The molecule has 0 bridgehead atoms. The van der Waals surface area contributed by atoms with E-state index >= 15 is 4.39 Å². The number of hydrogen-bond donors (Lipinski definition) is 3. The molecule has 0 radical (unpaired) electrons. The summed E-state index contributed by atoms with van der Waals surface area (Å²) in [6.07, 6.45) is -3.60. The van der Waals surface area contributed by atoms with Crippen LogP contribution in [0.4, 0.5) is 10.2 Å². The van der Waals surface area contributed by atoms with Gasteiger partial charge < -0.3 is 28.9 Å². The van der Waals surface area contributed by atoms with Gasteiger partial charge in [-0.3, -0.25) is 9.36 Å². The first-order valence-corrected chi connectivity index (χ1v) is 15.6. The van der Waals surface area contributed by atoms with Crippen LogP contribution in [0.3, 0.4) is 0 Å². The number of hydrogen-bond acceptors (Lipinski definition) is 11. The Morgan fingerprint density at radius 3 is 2.75 bits per heavy atom. The van der Waals surface area contributed by atoms with E-state index in [2.05, 4.69) is 25.4 Å². The van der Waals surface area contributed by atoms with E-state index in [1.54, 1.807) is 58.2 Å². The fourth-order valence-electron chi connectivity index (χ4n) is 4.15. The lowest BCUT2D eigenvalue weighted by molar-refractivity contribution is -0.144. The minimum atomic E-state index is -3.50. The number of nitrogens with zero attached hydrogens (tertiary/aromatic N) is 4. The number of esters is 1. The van der Waals surface area contributed by atoms with Gasteiger partial charge in [0.25, 0.3) is 0 Å². The summed E-state index contributed by atoms with van der Waals surface area (Å²) >= 11 is 12.0. The number of benzene rings is 1. The second kappa shape index (κ2) is 12.6. The number of alkyl halides is 2. The van der Waals surface area contributed by atoms with Gasteiger partial charge in [0.2, 0.25) is 0 Å². The first kappa shape index (κ1) is 30.5. The van der Waals surface area contributed by atoms with Crippen LogP contribution in [-0.2, 0) is 30.6 Å². The van der Waals surface area contributed by atoms with Crippen LogP contribution < -0.4 is 14.9 Å². The number of anilines is 1. The summed E-state index contributed by atoms with van der Waals surface area (Å²) < 4.78 is 40.2. The zero-order chi connectivity index (χ0) is 29.1. The Morgan fingerprint density at radius 1 is 1.38 bits per heavy atom. The molecule has 3 aromatic rings. The molecular weight excluding hydrogens is 586 g/mol. The monoisotopic (exact) mass is 616 g/mol.